The van der Waals surface area contributed by atoms with Crippen molar-refractivity contribution < 1.29 is 9.59 Å². The maximum atomic E-state index is 13.3. The molecule has 1 saturated heterocycles. The van der Waals surface area contributed by atoms with E-state index >= 15 is 0 Å². The standard InChI is InChI=1S/C20H22N4O2/c1-14-5-4-6-15-19(14)24(18(25)13-23-11-9-21-10-12-23)17-8-3-2-7-16(17)22-20(15)26/h2-8,21H,9-13H2,1H3,(H,22,26). The number of nitrogens with zero attached hydrogens (tertiary/aromatic N) is 2. The van der Waals surface area contributed by atoms with Crippen LogP contribution in [0.25, 0.3) is 0 Å². The number of carbonyl (C=O) groups is 2. The van der Waals surface area contributed by atoms with Crippen molar-refractivity contribution in [1.29, 1.82) is 0 Å². The summed E-state index contributed by atoms with van der Waals surface area (Å²) >= 11 is 0. The van der Waals surface area contributed by atoms with Gasteiger partial charge in [-0.1, -0.05) is 24.3 Å². The third-order valence-corrected chi connectivity index (χ3v) is 4.92. The summed E-state index contributed by atoms with van der Waals surface area (Å²) in [7, 11) is 0. The highest BCUT2D eigenvalue weighted by Crippen LogP contribution is 2.39. The Morgan fingerprint density at radius 1 is 1.08 bits per heavy atom. The van der Waals surface area contributed by atoms with Crippen LogP contribution in [-0.2, 0) is 4.79 Å². The molecule has 2 N–H and O–H groups in total. The van der Waals surface area contributed by atoms with Crippen molar-refractivity contribution in [3.8, 4) is 0 Å². The van der Waals surface area contributed by atoms with Gasteiger partial charge < -0.3 is 10.6 Å². The molecule has 0 spiro atoms. The van der Waals surface area contributed by atoms with Gasteiger partial charge in [0.1, 0.15) is 0 Å². The molecule has 4 rings (SSSR count). The first kappa shape index (κ1) is 16.8. The second kappa shape index (κ2) is 6.90. The van der Waals surface area contributed by atoms with Gasteiger partial charge in [-0.3, -0.25) is 19.4 Å². The molecule has 0 bridgehead atoms. The van der Waals surface area contributed by atoms with Crippen LogP contribution in [0.2, 0.25) is 0 Å². The van der Waals surface area contributed by atoms with Crippen LogP contribution < -0.4 is 15.5 Å². The molecule has 134 valence electrons. The molecule has 0 aromatic heterocycles. The molecule has 6 heteroatoms. The monoisotopic (exact) mass is 350 g/mol. The van der Waals surface area contributed by atoms with Crippen molar-refractivity contribution in [2.24, 2.45) is 0 Å². The smallest absolute Gasteiger partial charge is 0.257 e. The molecule has 1 fully saturated rings. The van der Waals surface area contributed by atoms with Crippen molar-refractivity contribution in [3.63, 3.8) is 0 Å². The molecule has 2 aliphatic heterocycles. The maximum absolute atomic E-state index is 13.3. The van der Waals surface area contributed by atoms with Crippen LogP contribution in [0.3, 0.4) is 0 Å². The van der Waals surface area contributed by atoms with Crippen LogP contribution in [0, 0.1) is 6.92 Å². The first-order chi connectivity index (χ1) is 12.6. The Bertz CT molecular complexity index is 859. The Kier molecular flexibility index (Phi) is 4.44. The van der Waals surface area contributed by atoms with Crippen LogP contribution in [0.5, 0.6) is 0 Å². The summed E-state index contributed by atoms with van der Waals surface area (Å²) in [5.41, 5.74) is 3.48. The average molecular weight is 350 g/mol. The summed E-state index contributed by atoms with van der Waals surface area (Å²) in [6.45, 7) is 5.74. The summed E-state index contributed by atoms with van der Waals surface area (Å²) in [4.78, 5) is 29.9. The molecule has 2 amide bonds. The van der Waals surface area contributed by atoms with E-state index in [-0.39, 0.29) is 11.8 Å². The van der Waals surface area contributed by atoms with E-state index in [1.54, 1.807) is 11.0 Å². The van der Waals surface area contributed by atoms with E-state index in [0.29, 0.717) is 29.2 Å². The van der Waals surface area contributed by atoms with Gasteiger partial charge in [0.25, 0.3) is 5.91 Å². The minimum absolute atomic E-state index is 0.0219. The number of aryl methyl sites for hydroxylation is 1. The maximum Gasteiger partial charge on any atom is 0.257 e. The number of carbonyl (C=O) groups excluding carboxylic acids is 2. The topological polar surface area (TPSA) is 64.7 Å². The molecule has 0 radical (unpaired) electrons. The third kappa shape index (κ3) is 2.98. The second-order valence-corrected chi connectivity index (χ2v) is 6.70. The fourth-order valence-corrected chi connectivity index (χ4v) is 3.61. The zero-order chi connectivity index (χ0) is 18.1. The van der Waals surface area contributed by atoms with Crippen molar-refractivity contribution >= 4 is 28.9 Å². The second-order valence-electron chi connectivity index (χ2n) is 6.70. The van der Waals surface area contributed by atoms with Gasteiger partial charge in [-0.15, -0.1) is 0 Å². The lowest BCUT2D eigenvalue weighted by Gasteiger charge is -2.31. The van der Waals surface area contributed by atoms with Gasteiger partial charge in [0.2, 0.25) is 5.91 Å². The molecule has 2 heterocycles. The number of piperazine rings is 1. The number of amides is 2. The minimum atomic E-state index is -0.186. The highest BCUT2D eigenvalue weighted by Gasteiger charge is 2.31. The van der Waals surface area contributed by atoms with Gasteiger partial charge in [0.15, 0.2) is 0 Å². The SMILES string of the molecule is Cc1cccc2c1N(C(=O)CN1CCNCC1)c1ccccc1NC2=O. The normalized spacial score (nSPS) is 17.1. The van der Waals surface area contributed by atoms with E-state index in [0.717, 1.165) is 31.7 Å². The van der Waals surface area contributed by atoms with Gasteiger partial charge in [-0.2, -0.15) is 0 Å². The van der Waals surface area contributed by atoms with Crippen molar-refractivity contribution in [3.05, 3.63) is 53.6 Å². The molecule has 0 aliphatic carbocycles. The molecule has 2 aliphatic rings. The lowest BCUT2D eigenvalue weighted by atomic mass is 10.1. The molecule has 0 saturated carbocycles. The zero-order valence-electron chi connectivity index (χ0n) is 14.8. The molecule has 26 heavy (non-hydrogen) atoms. The average Bonchev–Trinajstić information content (AvgIpc) is 2.77. The van der Waals surface area contributed by atoms with Gasteiger partial charge >= 0.3 is 0 Å². The Morgan fingerprint density at radius 3 is 2.65 bits per heavy atom. The Balaban J connectivity index is 1.80. The number of hydrogen-bond donors (Lipinski definition) is 2. The fourth-order valence-electron chi connectivity index (χ4n) is 3.61. The fraction of sp³-hybridized carbons (Fsp3) is 0.300. The van der Waals surface area contributed by atoms with E-state index in [1.807, 2.05) is 43.3 Å². The zero-order valence-corrected chi connectivity index (χ0v) is 14.8. The van der Waals surface area contributed by atoms with Crippen LogP contribution in [0.1, 0.15) is 15.9 Å². The molecule has 2 aromatic carbocycles. The van der Waals surface area contributed by atoms with E-state index in [4.69, 9.17) is 0 Å². The van der Waals surface area contributed by atoms with E-state index in [1.165, 1.54) is 0 Å². The number of hydrogen-bond acceptors (Lipinski definition) is 4. The van der Waals surface area contributed by atoms with E-state index in [2.05, 4.69) is 15.5 Å². The Labute approximate surface area is 152 Å². The third-order valence-electron chi connectivity index (χ3n) is 4.92. The first-order valence-electron chi connectivity index (χ1n) is 8.91. The lowest BCUT2D eigenvalue weighted by molar-refractivity contribution is -0.119. The molecule has 2 aromatic rings. The number of anilines is 3. The summed E-state index contributed by atoms with van der Waals surface area (Å²) in [6, 6.07) is 13.0. The van der Waals surface area contributed by atoms with Crippen LogP contribution >= 0.6 is 0 Å². The van der Waals surface area contributed by atoms with Crippen LogP contribution in [0.15, 0.2) is 42.5 Å². The number of benzene rings is 2. The predicted octanol–water partition coefficient (Wildman–Crippen LogP) is 2.13. The molecular formula is C20H22N4O2. The van der Waals surface area contributed by atoms with Gasteiger partial charge in [0.05, 0.1) is 29.2 Å². The Morgan fingerprint density at radius 2 is 1.85 bits per heavy atom. The summed E-state index contributed by atoms with van der Waals surface area (Å²) in [6.07, 6.45) is 0. The minimum Gasteiger partial charge on any atom is -0.320 e. The highest BCUT2D eigenvalue weighted by molar-refractivity contribution is 6.18. The van der Waals surface area contributed by atoms with Gasteiger partial charge in [0, 0.05) is 26.2 Å². The summed E-state index contributed by atoms with van der Waals surface area (Å²) in [5.74, 6) is -0.208. The van der Waals surface area contributed by atoms with Gasteiger partial charge in [-0.25, -0.2) is 0 Å². The number of para-hydroxylation sites is 3. The van der Waals surface area contributed by atoms with E-state index in [9.17, 15) is 9.59 Å². The van der Waals surface area contributed by atoms with Crippen molar-refractivity contribution in [1.82, 2.24) is 10.2 Å². The van der Waals surface area contributed by atoms with Crippen molar-refractivity contribution in [2.45, 2.75) is 6.92 Å². The first-order valence-corrected chi connectivity index (χ1v) is 8.91. The van der Waals surface area contributed by atoms with Crippen LogP contribution in [-0.4, -0.2) is 49.4 Å². The van der Waals surface area contributed by atoms with Crippen molar-refractivity contribution in [2.75, 3.05) is 42.9 Å². The summed E-state index contributed by atoms with van der Waals surface area (Å²) < 4.78 is 0. The number of rotatable bonds is 2. The Hall–Kier alpha value is -2.70. The highest BCUT2D eigenvalue weighted by atomic mass is 16.2. The number of nitrogens with one attached hydrogen (secondary N) is 2. The quantitative estimate of drug-likeness (QED) is 0.871. The largest absolute Gasteiger partial charge is 0.320 e. The molecule has 0 atom stereocenters. The predicted molar refractivity (Wildman–Crippen MR) is 102 cm³/mol. The lowest BCUT2D eigenvalue weighted by Crippen LogP contribution is -2.47. The van der Waals surface area contributed by atoms with Gasteiger partial charge in [-0.05, 0) is 30.7 Å². The number of fused-ring (bicyclic) bond motifs is 2. The molecule has 0 unspecified atom stereocenters. The molecular weight excluding hydrogens is 328 g/mol. The van der Waals surface area contributed by atoms with Crippen LogP contribution in [0.4, 0.5) is 17.1 Å². The molecule has 6 nitrogen and oxygen atoms in total. The summed E-state index contributed by atoms with van der Waals surface area (Å²) in [5, 5.41) is 6.24. The van der Waals surface area contributed by atoms with E-state index < -0.39 is 0 Å².